The van der Waals surface area contributed by atoms with E-state index in [4.69, 9.17) is 10.6 Å². The minimum absolute atomic E-state index is 0.0813. The second-order valence-corrected chi connectivity index (χ2v) is 4.67. The van der Waals surface area contributed by atoms with Crippen molar-refractivity contribution in [1.29, 1.82) is 0 Å². The number of hydrazine groups is 1. The molecule has 0 aliphatic heterocycles. The zero-order valence-electron chi connectivity index (χ0n) is 9.91. The average Bonchev–Trinajstić information content (AvgIpc) is 2.88. The summed E-state index contributed by atoms with van der Waals surface area (Å²) in [7, 11) is 1.46. The van der Waals surface area contributed by atoms with Gasteiger partial charge in [0.25, 0.3) is 0 Å². The Hall–Kier alpha value is -1.57. The van der Waals surface area contributed by atoms with Crippen LogP contribution in [0, 0.1) is 17.5 Å². The van der Waals surface area contributed by atoms with Crippen molar-refractivity contribution in [2.45, 2.75) is 6.04 Å². The molecular weight excluding hydrogens is 277 g/mol. The summed E-state index contributed by atoms with van der Waals surface area (Å²) in [6.07, 6.45) is 0. The summed E-state index contributed by atoms with van der Waals surface area (Å²) in [4.78, 5) is 0.579. The third-order valence-electron chi connectivity index (χ3n) is 2.68. The van der Waals surface area contributed by atoms with Crippen molar-refractivity contribution < 1.29 is 17.9 Å². The lowest BCUT2D eigenvalue weighted by Gasteiger charge is -2.17. The van der Waals surface area contributed by atoms with Crippen molar-refractivity contribution in [1.82, 2.24) is 5.43 Å². The maximum Gasteiger partial charge on any atom is 0.194 e. The van der Waals surface area contributed by atoms with Crippen LogP contribution >= 0.6 is 11.3 Å². The number of rotatable bonds is 4. The Morgan fingerprint density at radius 3 is 2.58 bits per heavy atom. The van der Waals surface area contributed by atoms with Gasteiger partial charge in [0, 0.05) is 5.56 Å². The van der Waals surface area contributed by atoms with Crippen LogP contribution in [-0.2, 0) is 0 Å². The summed E-state index contributed by atoms with van der Waals surface area (Å²) < 4.78 is 45.1. The standard InChI is InChI=1S/C12H11F3N2OS/c1-18-8-4-5-19-12(8)11(17-16)6-2-3-7(13)10(15)9(6)14/h2-5,11,17H,16H2,1H3. The fourth-order valence-electron chi connectivity index (χ4n) is 1.76. The predicted octanol–water partition coefficient (Wildman–Crippen LogP) is 2.73. The molecule has 0 aliphatic rings. The number of benzene rings is 1. The number of hydrogen-bond donors (Lipinski definition) is 2. The molecule has 1 aromatic carbocycles. The molecule has 2 rings (SSSR count). The molecular formula is C12H11F3N2OS. The molecule has 7 heteroatoms. The van der Waals surface area contributed by atoms with Crippen molar-refractivity contribution in [3.63, 3.8) is 0 Å². The van der Waals surface area contributed by atoms with Gasteiger partial charge in [0.15, 0.2) is 17.5 Å². The first-order valence-electron chi connectivity index (χ1n) is 5.31. The van der Waals surface area contributed by atoms with Crippen LogP contribution in [0.25, 0.3) is 0 Å². The Bertz CT molecular complexity index is 588. The molecule has 0 aliphatic carbocycles. The van der Waals surface area contributed by atoms with Crippen LogP contribution in [0.5, 0.6) is 5.75 Å². The summed E-state index contributed by atoms with van der Waals surface area (Å²) in [5.74, 6) is 1.87. The number of nitrogens with one attached hydrogen (secondary N) is 1. The normalized spacial score (nSPS) is 12.5. The van der Waals surface area contributed by atoms with Crippen molar-refractivity contribution >= 4 is 11.3 Å². The van der Waals surface area contributed by atoms with E-state index < -0.39 is 23.5 Å². The van der Waals surface area contributed by atoms with Gasteiger partial charge in [0.2, 0.25) is 0 Å². The molecule has 1 unspecified atom stereocenters. The number of nitrogens with two attached hydrogens (primary N) is 1. The van der Waals surface area contributed by atoms with Gasteiger partial charge in [0.1, 0.15) is 5.75 Å². The van der Waals surface area contributed by atoms with Gasteiger partial charge in [0.05, 0.1) is 18.0 Å². The first kappa shape index (κ1) is 13.9. The highest BCUT2D eigenvalue weighted by Gasteiger charge is 2.24. The maximum absolute atomic E-state index is 13.8. The predicted molar refractivity (Wildman–Crippen MR) is 66.4 cm³/mol. The first-order chi connectivity index (χ1) is 9.10. The highest BCUT2D eigenvalue weighted by molar-refractivity contribution is 7.10. The third kappa shape index (κ3) is 2.44. The van der Waals surface area contributed by atoms with Crippen LogP contribution in [0.15, 0.2) is 23.6 Å². The van der Waals surface area contributed by atoms with Gasteiger partial charge in [-0.25, -0.2) is 18.6 Å². The molecule has 1 heterocycles. The van der Waals surface area contributed by atoms with Crippen molar-refractivity contribution in [2.24, 2.45) is 5.84 Å². The molecule has 1 atom stereocenters. The summed E-state index contributed by atoms with van der Waals surface area (Å²) >= 11 is 1.27. The fourth-order valence-corrected chi connectivity index (χ4v) is 2.70. The van der Waals surface area contributed by atoms with E-state index in [0.717, 1.165) is 12.1 Å². The van der Waals surface area contributed by atoms with E-state index in [9.17, 15) is 13.2 Å². The zero-order chi connectivity index (χ0) is 14.0. The highest BCUT2D eigenvalue weighted by atomic mass is 32.1. The molecule has 102 valence electrons. The van der Waals surface area contributed by atoms with Crippen LogP contribution in [-0.4, -0.2) is 7.11 Å². The first-order valence-corrected chi connectivity index (χ1v) is 6.19. The van der Waals surface area contributed by atoms with Crippen molar-refractivity contribution in [2.75, 3.05) is 7.11 Å². The van der Waals surface area contributed by atoms with E-state index in [1.54, 1.807) is 11.4 Å². The lowest BCUT2D eigenvalue weighted by Crippen LogP contribution is -2.29. The van der Waals surface area contributed by atoms with Gasteiger partial charge in [-0.3, -0.25) is 5.84 Å². The van der Waals surface area contributed by atoms with Crippen LogP contribution < -0.4 is 16.0 Å². The van der Waals surface area contributed by atoms with E-state index in [-0.39, 0.29) is 5.56 Å². The molecule has 19 heavy (non-hydrogen) atoms. The van der Waals surface area contributed by atoms with Crippen LogP contribution in [0.1, 0.15) is 16.5 Å². The second-order valence-electron chi connectivity index (χ2n) is 3.72. The number of halogens is 3. The molecule has 0 bridgehead atoms. The molecule has 3 nitrogen and oxygen atoms in total. The molecule has 1 aromatic heterocycles. The molecule has 2 aromatic rings. The van der Waals surface area contributed by atoms with Gasteiger partial charge in [-0.15, -0.1) is 11.3 Å². The molecule has 3 N–H and O–H groups in total. The zero-order valence-corrected chi connectivity index (χ0v) is 10.7. The van der Waals surface area contributed by atoms with E-state index >= 15 is 0 Å². The number of ether oxygens (including phenoxy) is 1. The quantitative estimate of drug-likeness (QED) is 0.516. The number of methoxy groups -OCH3 is 1. The lowest BCUT2D eigenvalue weighted by molar-refractivity contribution is 0.404. The Morgan fingerprint density at radius 1 is 1.21 bits per heavy atom. The van der Waals surface area contributed by atoms with Gasteiger partial charge in [-0.2, -0.15) is 0 Å². The van der Waals surface area contributed by atoms with Crippen LogP contribution in [0.2, 0.25) is 0 Å². The van der Waals surface area contributed by atoms with E-state index in [0.29, 0.717) is 10.6 Å². The molecule has 0 spiro atoms. The highest BCUT2D eigenvalue weighted by Crippen LogP contribution is 2.35. The minimum atomic E-state index is -1.52. The Labute approximate surface area is 111 Å². The monoisotopic (exact) mass is 288 g/mol. The molecule has 0 fully saturated rings. The largest absolute Gasteiger partial charge is 0.496 e. The summed E-state index contributed by atoms with van der Waals surface area (Å²) in [6.45, 7) is 0. The van der Waals surface area contributed by atoms with E-state index in [2.05, 4.69) is 5.43 Å². The van der Waals surface area contributed by atoms with Crippen LogP contribution in [0.3, 0.4) is 0 Å². The average molecular weight is 288 g/mol. The van der Waals surface area contributed by atoms with Gasteiger partial charge < -0.3 is 4.74 Å². The third-order valence-corrected chi connectivity index (χ3v) is 3.65. The van der Waals surface area contributed by atoms with Gasteiger partial charge in [-0.05, 0) is 17.5 Å². The summed E-state index contributed by atoms with van der Waals surface area (Å²) in [6, 6.07) is 2.88. The minimum Gasteiger partial charge on any atom is -0.496 e. The fraction of sp³-hybridized carbons (Fsp3) is 0.167. The second kappa shape index (κ2) is 5.60. The molecule has 0 saturated heterocycles. The molecule has 0 amide bonds. The Balaban J connectivity index is 2.52. The smallest absolute Gasteiger partial charge is 0.194 e. The summed E-state index contributed by atoms with van der Waals surface area (Å²) in [5, 5.41) is 1.73. The van der Waals surface area contributed by atoms with E-state index in [1.807, 2.05) is 0 Å². The summed E-state index contributed by atoms with van der Waals surface area (Å²) in [5.41, 5.74) is 2.30. The van der Waals surface area contributed by atoms with Gasteiger partial charge in [-0.1, -0.05) is 6.07 Å². The van der Waals surface area contributed by atoms with Crippen LogP contribution in [0.4, 0.5) is 13.2 Å². The number of thiophene rings is 1. The Kier molecular flexibility index (Phi) is 4.08. The topological polar surface area (TPSA) is 47.3 Å². The van der Waals surface area contributed by atoms with Crippen molar-refractivity contribution in [3.05, 3.63) is 51.5 Å². The lowest BCUT2D eigenvalue weighted by atomic mass is 10.0. The maximum atomic E-state index is 13.8. The molecule has 0 radical (unpaired) electrons. The Morgan fingerprint density at radius 2 is 1.95 bits per heavy atom. The number of hydrogen-bond acceptors (Lipinski definition) is 4. The molecule has 0 saturated carbocycles. The van der Waals surface area contributed by atoms with Gasteiger partial charge >= 0.3 is 0 Å². The van der Waals surface area contributed by atoms with Crippen molar-refractivity contribution in [3.8, 4) is 5.75 Å². The van der Waals surface area contributed by atoms with E-state index in [1.165, 1.54) is 18.4 Å². The SMILES string of the molecule is COc1ccsc1C(NN)c1ccc(F)c(F)c1F.